The van der Waals surface area contributed by atoms with E-state index in [0.717, 1.165) is 29.9 Å². The number of nitrogens with zero attached hydrogens (tertiary/aromatic N) is 4. The van der Waals surface area contributed by atoms with Crippen molar-refractivity contribution in [2.45, 2.75) is 52.1 Å². The van der Waals surface area contributed by atoms with Gasteiger partial charge in [0.2, 0.25) is 17.6 Å². The monoisotopic (exact) mass is 427 g/mol. The highest BCUT2D eigenvalue weighted by molar-refractivity contribution is 5.90. The number of aryl methyl sites for hydroxylation is 1. The molecule has 1 aliphatic rings. The Bertz CT molecular complexity index is 1240. The predicted molar refractivity (Wildman–Crippen MR) is 110 cm³/mol. The minimum absolute atomic E-state index is 0.117. The van der Waals surface area contributed by atoms with Gasteiger partial charge in [-0.25, -0.2) is 9.18 Å². The van der Waals surface area contributed by atoms with Crippen LogP contribution in [0.15, 0.2) is 38.4 Å². The number of aromatic nitrogens is 4. The first-order chi connectivity index (χ1) is 15.0. The summed E-state index contributed by atoms with van der Waals surface area (Å²) < 4.78 is 21.0. The molecule has 0 aliphatic carbocycles. The maximum atomic E-state index is 13.4. The van der Waals surface area contributed by atoms with Crippen molar-refractivity contribution in [3.8, 4) is 11.4 Å². The van der Waals surface area contributed by atoms with Gasteiger partial charge in [-0.15, -0.1) is 0 Å². The van der Waals surface area contributed by atoms with Crippen LogP contribution in [0.4, 0.5) is 10.1 Å². The van der Waals surface area contributed by atoms with Gasteiger partial charge in [-0.1, -0.05) is 24.6 Å². The van der Waals surface area contributed by atoms with E-state index < -0.39 is 29.5 Å². The second-order valence-corrected chi connectivity index (χ2v) is 7.38. The number of anilines is 1. The zero-order valence-corrected chi connectivity index (χ0v) is 17.1. The van der Waals surface area contributed by atoms with Crippen molar-refractivity contribution in [3.05, 3.63) is 62.5 Å². The first-order valence-corrected chi connectivity index (χ1v) is 10.2. The second kappa shape index (κ2) is 8.66. The van der Waals surface area contributed by atoms with Crippen LogP contribution >= 0.6 is 0 Å². The number of rotatable bonds is 5. The lowest BCUT2D eigenvalue weighted by molar-refractivity contribution is -0.116. The second-order valence-electron chi connectivity index (χ2n) is 7.38. The molecule has 4 rings (SSSR count). The Morgan fingerprint density at radius 2 is 2.10 bits per heavy atom. The highest BCUT2D eigenvalue weighted by Crippen LogP contribution is 2.21. The van der Waals surface area contributed by atoms with Crippen molar-refractivity contribution in [2.75, 3.05) is 5.32 Å². The molecule has 0 fully saturated rings. The average Bonchev–Trinajstić information content (AvgIpc) is 3.08. The van der Waals surface area contributed by atoms with E-state index in [1.807, 2.05) is 6.92 Å². The molecule has 0 unspecified atom stereocenters. The van der Waals surface area contributed by atoms with Crippen molar-refractivity contribution in [2.24, 2.45) is 0 Å². The number of amides is 1. The van der Waals surface area contributed by atoms with Crippen molar-refractivity contribution >= 4 is 11.6 Å². The molecule has 2 aromatic heterocycles. The number of nitrogens with one attached hydrogen (secondary N) is 1. The smallest absolute Gasteiger partial charge is 0.331 e. The first-order valence-electron chi connectivity index (χ1n) is 10.2. The summed E-state index contributed by atoms with van der Waals surface area (Å²) in [6.45, 7) is 1.77. The number of halogens is 1. The molecule has 0 spiro atoms. The van der Waals surface area contributed by atoms with Crippen LogP contribution in [0.3, 0.4) is 0 Å². The minimum atomic E-state index is -0.643. The number of carbonyl (C=O) groups excluding carboxylic acids is 1. The van der Waals surface area contributed by atoms with Crippen molar-refractivity contribution in [1.29, 1.82) is 0 Å². The maximum Gasteiger partial charge on any atom is 0.331 e. The molecule has 9 nitrogen and oxygen atoms in total. The van der Waals surface area contributed by atoms with Crippen LogP contribution in [-0.4, -0.2) is 25.2 Å². The van der Waals surface area contributed by atoms with Gasteiger partial charge in [0.1, 0.15) is 17.9 Å². The summed E-state index contributed by atoms with van der Waals surface area (Å²) in [5, 5.41) is 6.44. The molecule has 1 aromatic carbocycles. The van der Waals surface area contributed by atoms with Gasteiger partial charge >= 0.3 is 5.69 Å². The van der Waals surface area contributed by atoms with E-state index in [4.69, 9.17) is 4.52 Å². The average molecular weight is 427 g/mol. The summed E-state index contributed by atoms with van der Waals surface area (Å²) in [5.41, 5.74) is -0.213. The molecule has 3 aromatic rings. The lowest BCUT2D eigenvalue weighted by Crippen LogP contribution is -2.44. The molecule has 1 aliphatic heterocycles. The van der Waals surface area contributed by atoms with Crippen LogP contribution in [0.2, 0.25) is 0 Å². The Morgan fingerprint density at radius 1 is 1.26 bits per heavy atom. The molecule has 31 heavy (non-hydrogen) atoms. The predicted octanol–water partition coefficient (Wildman–Crippen LogP) is 2.13. The molecular weight excluding hydrogens is 405 g/mol. The molecule has 1 amide bonds. The van der Waals surface area contributed by atoms with Crippen molar-refractivity contribution < 1.29 is 13.7 Å². The zero-order chi connectivity index (χ0) is 22.0. The summed E-state index contributed by atoms with van der Waals surface area (Å²) in [4.78, 5) is 43.2. The third-order valence-electron chi connectivity index (χ3n) is 5.23. The van der Waals surface area contributed by atoms with Crippen LogP contribution in [0.25, 0.3) is 11.4 Å². The van der Waals surface area contributed by atoms with E-state index in [9.17, 15) is 18.8 Å². The quantitative estimate of drug-likeness (QED) is 0.668. The number of hydrogen-bond donors (Lipinski definition) is 1. The van der Waals surface area contributed by atoms with E-state index in [-0.39, 0.29) is 17.1 Å². The van der Waals surface area contributed by atoms with Gasteiger partial charge in [-0.3, -0.25) is 18.7 Å². The Labute approximate surface area is 176 Å². The van der Waals surface area contributed by atoms with Gasteiger partial charge in [0, 0.05) is 24.3 Å². The standard InChI is InChI=1S/C21H22FN5O4/c1-2-17-24-19(25-31-17)18-15-9-4-3-5-10-26(15)21(30)27(20(18)29)12-16(28)23-14-8-6-7-13(22)11-14/h6-8,11H,2-5,9-10,12H2,1H3,(H,23,28). The normalized spacial score (nSPS) is 13.5. The lowest BCUT2D eigenvalue weighted by Gasteiger charge is -2.16. The zero-order valence-electron chi connectivity index (χ0n) is 17.1. The SMILES string of the molecule is CCc1nc(-c2c3n(c(=O)n(CC(=O)Nc4cccc(F)c4)c2=O)CCCCC3)no1. The van der Waals surface area contributed by atoms with E-state index >= 15 is 0 Å². The van der Waals surface area contributed by atoms with Crippen molar-refractivity contribution in [3.63, 3.8) is 0 Å². The molecule has 0 atom stereocenters. The molecule has 0 radical (unpaired) electrons. The topological polar surface area (TPSA) is 112 Å². The van der Waals surface area contributed by atoms with Gasteiger partial charge in [-0.05, 0) is 37.5 Å². The highest BCUT2D eigenvalue weighted by Gasteiger charge is 2.25. The van der Waals surface area contributed by atoms with Gasteiger partial charge in [-0.2, -0.15) is 4.98 Å². The fourth-order valence-corrected chi connectivity index (χ4v) is 3.75. The van der Waals surface area contributed by atoms with Gasteiger partial charge in [0.05, 0.1) is 0 Å². The third-order valence-corrected chi connectivity index (χ3v) is 5.23. The maximum absolute atomic E-state index is 13.4. The van der Waals surface area contributed by atoms with E-state index in [1.54, 1.807) is 0 Å². The largest absolute Gasteiger partial charge is 0.339 e. The number of hydrogen-bond acceptors (Lipinski definition) is 6. The van der Waals surface area contributed by atoms with E-state index in [1.165, 1.54) is 22.8 Å². The Morgan fingerprint density at radius 3 is 2.84 bits per heavy atom. The van der Waals surface area contributed by atoms with Gasteiger partial charge in [0.15, 0.2) is 0 Å². The Kier molecular flexibility index (Phi) is 5.79. The summed E-state index contributed by atoms with van der Waals surface area (Å²) in [6, 6.07) is 5.38. The number of benzene rings is 1. The molecule has 162 valence electrons. The van der Waals surface area contributed by atoms with E-state index in [2.05, 4.69) is 15.5 Å². The summed E-state index contributed by atoms with van der Waals surface area (Å²) in [5.74, 6) is -0.631. The summed E-state index contributed by atoms with van der Waals surface area (Å²) >= 11 is 0. The van der Waals surface area contributed by atoms with Crippen LogP contribution in [0.5, 0.6) is 0 Å². The Hall–Kier alpha value is -3.56. The first kappa shape index (κ1) is 20.7. The van der Waals surface area contributed by atoms with Crippen LogP contribution in [0, 0.1) is 5.82 Å². The molecule has 1 N–H and O–H groups in total. The minimum Gasteiger partial charge on any atom is -0.339 e. The number of fused-ring (bicyclic) bond motifs is 1. The highest BCUT2D eigenvalue weighted by atomic mass is 19.1. The third kappa shape index (κ3) is 4.18. The fourth-order valence-electron chi connectivity index (χ4n) is 3.75. The van der Waals surface area contributed by atoms with Gasteiger partial charge in [0.25, 0.3) is 5.56 Å². The molecular formula is C21H22FN5O4. The van der Waals surface area contributed by atoms with Crippen LogP contribution in [-0.2, 0) is 30.7 Å². The van der Waals surface area contributed by atoms with Crippen LogP contribution in [0.1, 0.15) is 37.8 Å². The summed E-state index contributed by atoms with van der Waals surface area (Å²) in [7, 11) is 0. The van der Waals surface area contributed by atoms with Crippen LogP contribution < -0.4 is 16.6 Å². The lowest BCUT2D eigenvalue weighted by atomic mass is 10.1. The Balaban J connectivity index is 1.78. The van der Waals surface area contributed by atoms with Crippen molar-refractivity contribution in [1.82, 2.24) is 19.3 Å². The van der Waals surface area contributed by atoms with Gasteiger partial charge < -0.3 is 9.84 Å². The van der Waals surface area contributed by atoms with E-state index in [0.29, 0.717) is 31.0 Å². The fraction of sp³-hybridized carbons (Fsp3) is 0.381. The molecule has 0 saturated carbocycles. The molecule has 10 heteroatoms. The molecule has 0 bridgehead atoms. The molecule has 0 saturated heterocycles. The molecule has 3 heterocycles. The number of carbonyl (C=O) groups is 1. The summed E-state index contributed by atoms with van der Waals surface area (Å²) in [6.07, 6.45) is 3.57.